The Bertz CT molecular complexity index is 1790. The van der Waals surface area contributed by atoms with E-state index in [1.807, 2.05) is 0 Å². The van der Waals surface area contributed by atoms with Crippen LogP contribution in [0.1, 0.15) is 206 Å². The Morgan fingerprint density at radius 2 is 0.684 bits per heavy atom. The molecule has 0 heterocycles. The zero-order chi connectivity index (χ0) is 71.4. The van der Waals surface area contributed by atoms with Crippen LogP contribution in [0.3, 0.4) is 0 Å². The van der Waals surface area contributed by atoms with E-state index in [0.717, 1.165) is 38.5 Å². The molecule has 0 saturated carbocycles. The number of carbonyl (C=O) groups excluding carboxylic acids is 6. The van der Waals surface area contributed by atoms with Gasteiger partial charge in [0.15, 0.2) is 5.78 Å². The van der Waals surface area contributed by atoms with Crippen molar-refractivity contribution in [2.24, 2.45) is 11.5 Å². The molecule has 0 fully saturated rings. The molecule has 0 aromatic heterocycles. The molecule has 0 aromatic carbocycles. The number of hydrogen-bond acceptors (Lipinski definition) is 25. The topological polar surface area (TPSA) is 334 Å². The molecule has 0 rings (SSSR count). The summed E-state index contributed by atoms with van der Waals surface area (Å²) in [5.74, 6) is -1.15. The number of ether oxygens (including phenoxy) is 16. The van der Waals surface area contributed by atoms with Crippen molar-refractivity contribution < 1.29 is 110 Å². The van der Waals surface area contributed by atoms with E-state index in [0.29, 0.717) is 152 Å². The lowest BCUT2D eigenvalue weighted by molar-refractivity contribution is -0.129. The number of aliphatic hydroxyl groups is 1. The second-order valence-electron chi connectivity index (χ2n) is 23.9. The highest BCUT2D eigenvalue weighted by molar-refractivity contribution is 7.99. The molecule has 0 aliphatic carbocycles. The minimum atomic E-state index is -1.13. The second-order valence-corrected chi connectivity index (χ2v) is 25.0. The number of nitrogens with one attached hydrogen (secondary N) is 1. The summed E-state index contributed by atoms with van der Waals surface area (Å²) in [6.07, 6.45) is 27.5. The lowest BCUT2D eigenvalue weighted by Gasteiger charge is -2.20. The van der Waals surface area contributed by atoms with Gasteiger partial charge in [-0.15, -0.1) is 0 Å². The molecule has 98 heavy (non-hydrogen) atoms. The van der Waals surface area contributed by atoms with Gasteiger partial charge in [-0.25, -0.2) is 9.59 Å². The number of aliphatic hydroxyl groups excluding tert-OH is 1. The predicted molar refractivity (Wildman–Crippen MR) is 377 cm³/mol. The van der Waals surface area contributed by atoms with E-state index in [1.165, 1.54) is 127 Å². The minimum Gasteiger partial charge on any atom is -0.434 e. The third-order valence-corrected chi connectivity index (χ3v) is 16.4. The molecule has 0 aliphatic heterocycles. The van der Waals surface area contributed by atoms with Gasteiger partial charge in [0, 0.05) is 50.2 Å². The predicted octanol–water partition coefficient (Wildman–Crippen LogP) is 9.76. The number of amides is 2. The SMILES string of the molecule is CCCCCCCCCCCCCCOC(=O)OCC[C@H](CSC[C@H](N)C(=O)N[C@@H](CO)C(=O)CCCOCCOCCOCCOCCOCCOCCOCCOCCOCCOCCOCCOCCC(=O)CCC(N)=O)OC(=O)OCCCCCCCCCCCCCC. The molecule has 578 valence electrons. The van der Waals surface area contributed by atoms with Crippen LogP contribution in [0.4, 0.5) is 9.59 Å². The fourth-order valence-corrected chi connectivity index (χ4v) is 10.4. The third-order valence-electron chi connectivity index (χ3n) is 15.2. The van der Waals surface area contributed by atoms with Crippen molar-refractivity contribution >= 4 is 47.5 Å². The zero-order valence-corrected chi connectivity index (χ0v) is 61.5. The first-order valence-electron chi connectivity index (χ1n) is 37.2. The zero-order valence-electron chi connectivity index (χ0n) is 60.7. The molecular weight excluding hydrogens is 1290 g/mol. The molecule has 0 aliphatic rings. The minimum absolute atomic E-state index is 0.0500. The molecule has 0 aromatic rings. The van der Waals surface area contributed by atoms with Crippen LogP contribution >= 0.6 is 11.8 Å². The van der Waals surface area contributed by atoms with Gasteiger partial charge in [0.05, 0.1) is 184 Å². The van der Waals surface area contributed by atoms with Gasteiger partial charge in [0.25, 0.3) is 0 Å². The van der Waals surface area contributed by atoms with E-state index in [9.17, 15) is 33.9 Å². The van der Waals surface area contributed by atoms with E-state index >= 15 is 0 Å². The molecule has 0 bridgehead atoms. The Balaban J connectivity index is 4.05. The van der Waals surface area contributed by atoms with Crippen molar-refractivity contribution in [2.75, 3.05) is 196 Å². The van der Waals surface area contributed by atoms with Gasteiger partial charge in [-0.05, 0) is 19.3 Å². The standard InChI is InChI=1S/C71H135N3O23S/c1-3-5-7-9-11-13-15-17-19-21-23-25-34-94-70(80)96-37-32-64(97-71(81)95-35-26-24-22-20-18-16-14-12-10-8-6-4-2)61-98-62-65(72)69(79)74-66(60-75)67(77)28-27-33-82-38-40-84-42-44-86-46-48-88-50-52-90-54-56-92-58-59-93-57-55-91-53-51-89-49-47-87-45-43-85-41-39-83-36-31-63(76)29-30-68(73)78/h64-66,75H,3-62,72H2,1-2H3,(H2,73,78)(H,74,79)/t64-,65+,66+/m1/s1. The van der Waals surface area contributed by atoms with Crippen LogP contribution in [0.5, 0.6) is 0 Å². The maximum absolute atomic E-state index is 13.0. The van der Waals surface area contributed by atoms with Crippen molar-refractivity contribution in [3.63, 3.8) is 0 Å². The Kier molecular flexibility index (Phi) is 75.1. The maximum Gasteiger partial charge on any atom is 0.508 e. The van der Waals surface area contributed by atoms with Gasteiger partial charge in [-0.2, -0.15) is 11.8 Å². The lowest BCUT2D eigenvalue weighted by Crippen LogP contribution is -2.51. The second kappa shape index (κ2) is 77.8. The van der Waals surface area contributed by atoms with Gasteiger partial charge >= 0.3 is 12.3 Å². The molecular formula is C71H135N3O23S. The van der Waals surface area contributed by atoms with Crippen LogP contribution in [0.2, 0.25) is 0 Å². The van der Waals surface area contributed by atoms with Crippen LogP contribution in [0, 0.1) is 0 Å². The van der Waals surface area contributed by atoms with Crippen molar-refractivity contribution in [3.8, 4) is 0 Å². The van der Waals surface area contributed by atoms with E-state index in [1.54, 1.807) is 0 Å². The summed E-state index contributed by atoms with van der Waals surface area (Å²) in [7, 11) is 0. The Labute approximate surface area is 592 Å². The molecule has 27 heteroatoms. The summed E-state index contributed by atoms with van der Waals surface area (Å²) in [6, 6.07) is -2.16. The monoisotopic (exact) mass is 1430 g/mol. The fraction of sp³-hybridized carbons (Fsp3) is 0.915. The summed E-state index contributed by atoms with van der Waals surface area (Å²) < 4.78 is 87.6. The van der Waals surface area contributed by atoms with Crippen molar-refractivity contribution in [3.05, 3.63) is 0 Å². The van der Waals surface area contributed by atoms with Gasteiger partial charge in [-0.1, -0.05) is 155 Å². The van der Waals surface area contributed by atoms with Crippen LogP contribution < -0.4 is 16.8 Å². The van der Waals surface area contributed by atoms with Crippen LogP contribution in [0.25, 0.3) is 0 Å². The Hall–Kier alpha value is -3.39. The van der Waals surface area contributed by atoms with E-state index < -0.39 is 48.9 Å². The molecule has 2 amide bonds. The highest BCUT2D eigenvalue weighted by atomic mass is 32.2. The first kappa shape index (κ1) is 94.6. The Morgan fingerprint density at radius 1 is 0.357 bits per heavy atom. The van der Waals surface area contributed by atoms with Gasteiger partial charge in [-0.3, -0.25) is 19.2 Å². The highest BCUT2D eigenvalue weighted by Gasteiger charge is 2.24. The largest absolute Gasteiger partial charge is 0.508 e. The number of thioether (sulfide) groups is 1. The fourth-order valence-electron chi connectivity index (χ4n) is 9.39. The van der Waals surface area contributed by atoms with Crippen LogP contribution in [0.15, 0.2) is 0 Å². The quantitative estimate of drug-likeness (QED) is 0.0325. The molecule has 3 atom stereocenters. The summed E-state index contributed by atoms with van der Waals surface area (Å²) in [5.41, 5.74) is 11.2. The molecule has 0 radical (unpaired) electrons. The number of primary amides is 1. The highest BCUT2D eigenvalue weighted by Crippen LogP contribution is 2.16. The number of hydrogen-bond donors (Lipinski definition) is 4. The van der Waals surface area contributed by atoms with E-state index in [4.69, 9.17) is 87.3 Å². The van der Waals surface area contributed by atoms with Crippen molar-refractivity contribution in [1.82, 2.24) is 5.32 Å². The van der Waals surface area contributed by atoms with Crippen molar-refractivity contribution in [1.29, 1.82) is 0 Å². The Morgan fingerprint density at radius 3 is 1.04 bits per heavy atom. The number of unbranched alkanes of at least 4 members (excludes halogenated alkanes) is 22. The number of carbonyl (C=O) groups is 6. The summed E-state index contributed by atoms with van der Waals surface area (Å²) in [5, 5.41) is 12.5. The third kappa shape index (κ3) is 72.4. The van der Waals surface area contributed by atoms with Gasteiger partial charge in [0.1, 0.15) is 17.9 Å². The number of Topliss-reactive ketones (excluding diaryl/α,β-unsaturated/α-hetero) is 2. The van der Waals surface area contributed by atoms with E-state index in [-0.39, 0.29) is 88.2 Å². The lowest BCUT2D eigenvalue weighted by atomic mass is 10.1. The maximum atomic E-state index is 13.0. The number of nitrogens with two attached hydrogens (primary N) is 2. The van der Waals surface area contributed by atoms with Crippen LogP contribution in [-0.4, -0.2) is 255 Å². The van der Waals surface area contributed by atoms with Gasteiger partial charge < -0.3 is 97.7 Å². The molecule has 0 spiro atoms. The van der Waals surface area contributed by atoms with Crippen LogP contribution in [-0.2, 0) is 95.0 Å². The van der Waals surface area contributed by atoms with E-state index in [2.05, 4.69) is 19.2 Å². The average Bonchev–Trinajstić information content (AvgIpc) is 1.18. The van der Waals surface area contributed by atoms with Crippen molar-refractivity contribution in [2.45, 2.75) is 225 Å². The summed E-state index contributed by atoms with van der Waals surface area (Å²) >= 11 is 1.26. The smallest absolute Gasteiger partial charge is 0.434 e. The molecule has 6 N–H and O–H groups in total. The average molecular weight is 1430 g/mol. The summed E-state index contributed by atoms with van der Waals surface area (Å²) in [6.45, 7) is 14.1. The molecule has 26 nitrogen and oxygen atoms in total. The number of ketones is 2. The summed E-state index contributed by atoms with van der Waals surface area (Å²) in [4.78, 5) is 73.3. The molecule has 0 saturated heterocycles. The number of rotatable bonds is 81. The van der Waals surface area contributed by atoms with Gasteiger partial charge in [0.2, 0.25) is 11.8 Å². The molecule has 0 unspecified atom stereocenters. The first-order chi connectivity index (χ1) is 48.0. The first-order valence-corrected chi connectivity index (χ1v) is 38.3. The normalized spacial score (nSPS) is 12.4.